The lowest BCUT2D eigenvalue weighted by atomic mass is 10.1. The summed E-state index contributed by atoms with van der Waals surface area (Å²) in [5.41, 5.74) is 1.08. The summed E-state index contributed by atoms with van der Waals surface area (Å²) in [7, 11) is 3.39. The summed E-state index contributed by atoms with van der Waals surface area (Å²) in [5, 5.41) is 8.35. The van der Waals surface area contributed by atoms with Gasteiger partial charge in [0.1, 0.15) is 10.8 Å². The number of nitrogens with zero attached hydrogens (tertiary/aromatic N) is 2. The van der Waals surface area contributed by atoms with Gasteiger partial charge in [-0.05, 0) is 30.5 Å². The van der Waals surface area contributed by atoms with Gasteiger partial charge in [-0.3, -0.25) is 4.99 Å². The molecule has 0 aliphatic rings. The first-order valence-corrected chi connectivity index (χ1v) is 9.06. The van der Waals surface area contributed by atoms with Crippen molar-refractivity contribution in [1.29, 1.82) is 0 Å². The maximum atomic E-state index is 6.25. The molecular weight excluding hydrogens is 471 g/mol. The van der Waals surface area contributed by atoms with Crippen LogP contribution in [0.15, 0.2) is 29.4 Å². The average Bonchev–Trinajstić information content (AvgIpc) is 3.07. The van der Waals surface area contributed by atoms with E-state index in [1.807, 2.05) is 24.4 Å². The first kappa shape index (κ1) is 22.0. The van der Waals surface area contributed by atoms with Gasteiger partial charge in [0.05, 0.1) is 13.7 Å². The third-order valence-corrected chi connectivity index (χ3v) is 5.02. The fourth-order valence-corrected chi connectivity index (χ4v) is 3.21. The van der Waals surface area contributed by atoms with Crippen LogP contribution in [0.3, 0.4) is 0 Å². The van der Waals surface area contributed by atoms with Crippen molar-refractivity contribution in [2.75, 3.05) is 20.7 Å². The highest BCUT2D eigenvalue weighted by Crippen LogP contribution is 2.22. The largest absolute Gasteiger partial charge is 0.497 e. The average molecular weight is 495 g/mol. The number of aromatic nitrogens is 1. The molecule has 0 aliphatic heterocycles. The number of ether oxygens (including phenoxy) is 1. The van der Waals surface area contributed by atoms with Gasteiger partial charge in [0.25, 0.3) is 0 Å². The van der Waals surface area contributed by atoms with E-state index in [0.29, 0.717) is 11.6 Å². The fraction of sp³-hybridized carbons (Fsp3) is 0.412. The Kier molecular flexibility index (Phi) is 10.1. The number of rotatable bonds is 7. The molecule has 0 fully saturated rings. The molecule has 0 saturated carbocycles. The molecule has 138 valence electrons. The van der Waals surface area contributed by atoms with Crippen LogP contribution in [0.4, 0.5) is 0 Å². The summed E-state index contributed by atoms with van der Waals surface area (Å²) in [6.45, 7) is 3.55. The molecule has 0 aliphatic carbocycles. The van der Waals surface area contributed by atoms with Crippen molar-refractivity contribution in [2.24, 2.45) is 4.99 Å². The van der Waals surface area contributed by atoms with Gasteiger partial charge < -0.3 is 15.4 Å². The van der Waals surface area contributed by atoms with E-state index in [1.54, 1.807) is 25.5 Å². The second-order valence-electron chi connectivity index (χ2n) is 5.13. The minimum Gasteiger partial charge on any atom is -0.497 e. The number of aliphatic imine (C=N–C) groups is 1. The highest BCUT2D eigenvalue weighted by molar-refractivity contribution is 14.0. The van der Waals surface area contributed by atoms with Crippen molar-refractivity contribution < 1.29 is 4.74 Å². The van der Waals surface area contributed by atoms with Crippen LogP contribution in [0.5, 0.6) is 5.75 Å². The number of hydrogen-bond acceptors (Lipinski definition) is 4. The minimum atomic E-state index is 0. The van der Waals surface area contributed by atoms with Crippen LogP contribution in [-0.4, -0.2) is 31.6 Å². The molecular formula is C17H24ClIN4OS. The molecule has 0 saturated heterocycles. The van der Waals surface area contributed by atoms with Gasteiger partial charge in [-0.2, -0.15) is 0 Å². The molecule has 8 heteroatoms. The summed E-state index contributed by atoms with van der Waals surface area (Å²) in [5.74, 6) is 1.52. The normalized spacial score (nSPS) is 11.0. The van der Waals surface area contributed by atoms with Gasteiger partial charge in [-0.25, -0.2) is 4.98 Å². The van der Waals surface area contributed by atoms with E-state index in [9.17, 15) is 0 Å². The van der Waals surface area contributed by atoms with Crippen molar-refractivity contribution in [1.82, 2.24) is 15.6 Å². The van der Waals surface area contributed by atoms with E-state index in [-0.39, 0.29) is 24.0 Å². The van der Waals surface area contributed by atoms with Gasteiger partial charge in [-0.15, -0.1) is 35.3 Å². The highest BCUT2D eigenvalue weighted by atomic mass is 127. The van der Waals surface area contributed by atoms with Crippen LogP contribution < -0.4 is 15.4 Å². The predicted molar refractivity (Wildman–Crippen MR) is 117 cm³/mol. The summed E-state index contributed by atoms with van der Waals surface area (Å²) >= 11 is 7.98. The molecule has 0 amide bonds. The zero-order chi connectivity index (χ0) is 17.4. The third kappa shape index (κ3) is 6.99. The predicted octanol–water partition coefficient (Wildman–Crippen LogP) is 3.89. The molecule has 0 unspecified atom stereocenters. The van der Waals surface area contributed by atoms with Crippen LogP contribution in [0.25, 0.3) is 0 Å². The highest BCUT2D eigenvalue weighted by Gasteiger charge is 2.05. The molecule has 1 aromatic carbocycles. The lowest BCUT2D eigenvalue weighted by Gasteiger charge is -2.12. The first-order valence-electron chi connectivity index (χ1n) is 7.86. The van der Waals surface area contributed by atoms with Gasteiger partial charge >= 0.3 is 0 Å². The minimum absolute atomic E-state index is 0. The SMILES string of the molecule is CCc1cnc(CNC(=NC)NCCc2ccc(OC)cc2Cl)s1.I. The van der Waals surface area contributed by atoms with E-state index >= 15 is 0 Å². The summed E-state index contributed by atoms with van der Waals surface area (Å²) in [6.07, 6.45) is 3.76. The lowest BCUT2D eigenvalue weighted by Crippen LogP contribution is -2.37. The second kappa shape index (κ2) is 11.5. The first-order chi connectivity index (χ1) is 11.7. The van der Waals surface area contributed by atoms with Crippen LogP contribution >= 0.6 is 46.9 Å². The Morgan fingerprint density at radius 2 is 2.16 bits per heavy atom. The maximum absolute atomic E-state index is 6.25. The zero-order valence-corrected chi connectivity index (χ0v) is 18.5. The van der Waals surface area contributed by atoms with Gasteiger partial charge in [0.2, 0.25) is 0 Å². The number of guanidine groups is 1. The van der Waals surface area contributed by atoms with Gasteiger partial charge in [0.15, 0.2) is 5.96 Å². The van der Waals surface area contributed by atoms with E-state index in [2.05, 4.69) is 27.5 Å². The van der Waals surface area contributed by atoms with E-state index in [4.69, 9.17) is 16.3 Å². The molecule has 25 heavy (non-hydrogen) atoms. The maximum Gasteiger partial charge on any atom is 0.191 e. The summed E-state index contributed by atoms with van der Waals surface area (Å²) < 4.78 is 5.16. The van der Waals surface area contributed by atoms with Crippen LogP contribution in [-0.2, 0) is 19.4 Å². The van der Waals surface area contributed by atoms with Crippen LogP contribution in [0.2, 0.25) is 5.02 Å². The lowest BCUT2D eigenvalue weighted by molar-refractivity contribution is 0.414. The van der Waals surface area contributed by atoms with Crippen molar-refractivity contribution in [3.8, 4) is 5.75 Å². The molecule has 0 bridgehead atoms. The van der Waals surface area contributed by atoms with E-state index < -0.39 is 0 Å². The van der Waals surface area contributed by atoms with Crippen LogP contribution in [0.1, 0.15) is 22.4 Å². The number of nitrogens with one attached hydrogen (secondary N) is 2. The Bertz CT molecular complexity index is 693. The number of halogens is 2. The topological polar surface area (TPSA) is 58.5 Å². The Hall–Kier alpha value is -1.06. The molecule has 2 aromatic rings. The fourth-order valence-electron chi connectivity index (χ4n) is 2.15. The Morgan fingerprint density at radius 3 is 2.76 bits per heavy atom. The van der Waals surface area contributed by atoms with Gasteiger partial charge in [-0.1, -0.05) is 24.6 Å². The molecule has 1 heterocycles. The molecule has 0 atom stereocenters. The Balaban J connectivity index is 0.00000312. The van der Waals surface area contributed by atoms with E-state index in [0.717, 1.165) is 41.7 Å². The molecule has 1 aromatic heterocycles. The molecule has 2 N–H and O–H groups in total. The van der Waals surface area contributed by atoms with Crippen LogP contribution in [0, 0.1) is 0 Å². The van der Waals surface area contributed by atoms with Crippen molar-refractivity contribution in [3.63, 3.8) is 0 Å². The van der Waals surface area contributed by atoms with Crippen molar-refractivity contribution >= 4 is 52.9 Å². The summed E-state index contributed by atoms with van der Waals surface area (Å²) in [4.78, 5) is 9.92. The molecule has 0 radical (unpaired) electrons. The van der Waals surface area contributed by atoms with Gasteiger partial charge in [0, 0.05) is 29.7 Å². The quantitative estimate of drug-likeness (QED) is 0.348. The third-order valence-electron chi connectivity index (χ3n) is 3.53. The molecule has 0 spiro atoms. The number of aryl methyl sites for hydroxylation is 1. The standard InChI is InChI=1S/C17H23ClN4OS.HI/c1-4-14-10-21-16(24-14)11-22-17(19-2)20-8-7-12-5-6-13(23-3)9-15(12)18;/h5-6,9-10H,4,7-8,11H2,1-3H3,(H2,19,20,22);1H. The molecule has 2 rings (SSSR count). The number of benzene rings is 1. The number of methoxy groups -OCH3 is 1. The number of hydrogen-bond donors (Lipinski definition) is 2. The second-order valence-corrected chi connectivity index (χ2v) is 6.74. The zero-order valence-electron chi connectivity index (χ0n) is 14.6. The smallest absolute Gasteiger partial charge is 0.191 e. The number of thiazole rings is 1. The molecule has 5 nitrogen and oxygen atoms in total. The monoisotopic (exact) mass is 494 g/mol. The van der Waals surface area contributed by atoms with Crippen molar-refractivity contribution in [3.05, 3.63) is 44.9 Å². The van der Waals surface area contributed by atoms with Crippen molar-refractivity contribution in [2.45, 2.75) is 26.3 Å². The van der Waals surface area contributed by atoms with E-state index in [1.165, 1.54) is 4.88 Å². The summed E-state index contributed by atoms with van der Waals surface area (Å²) in [6, 6.07) is 5.74. The Labute approximate surface area is 175 Å². The Morgan fingerprint density at radius 1 is 1.36 bits per heavy atom.